The molecule has 0 heterocycles. The molecule has 0 radical (unpaired) electrons. The van der Waals surface area contributed by atoms with Crippen molar-refractivity contribution in [1.82, 2.24) is 10.2 Å². The van der Waals surface area contributed by atoms with Crippen LogP contribution in [0.25, 0.3) is 0 Å². The van der Waals surface area contributed by atoms with Gasteiger partial charge in [-0.3, -0.25) is 9.69 Å². The van der Waals surface area contributed by atoms with Crippen LogP contribution in [0.3, 0.4) is 0 Å². The molecule has 0 bridgehead atoms. The van der Waals surface area contributed by atoms with Gasteiger partial charge in [-0.15, -0.1) is 0 Å². The summed E-state index contributed by atoms with van der Waals surface area (Å²) in [5.74, 6) is -1.34. The molecule has 0 aliphatic rings. The number of nitrogens with zero attached hydrogens (tertiary/aromatic N) is 1. The Morgan fingerprint density at radius 1 is 1.38 bits per heavy atom. The first-order valence-electron chi connectivity index (χ1n) is 5.59. The van der Waals surface area contributed by atoms with Crippen LogP contribution in [0.5, 0.6) is 0 Å². The number of hydrogen-bond acceptors (Lipinski definition) is 3. The van der Waals surface area contributed by atoms with Gasteiger partial charge in [0.2, 0.25) is 5.91 Å². The molecule has 0 aromatic heterocycles. The molecule has 16 heavy (non-hydrogen) atoms. The van der Waals surface area contributed by atoms with Gasteiger partial charge in [0.1, 0.15) is 6.04 Å². The highest BCUT2D eigenvalue weighted by atomic mass is 16.4. The Balaban J connectivity index is 4.15. The molecule has 1 amide bonds. The van der Waals surface area contributed by atoms with Gasteiger partial charge in [0.05, 0.1) is 6.54 Å². The molecule has 0 unspecified atom stereocenters. The molecular formula is C11H22N2O3. The van der Waals surface area contributed by atoms with E-state index in [9.17, 15) is 9.59 Å². The maximum Gasteiger partial charge on any atom is 0.326 e. The van der Waals surface area contributed by atoms with Crippen molar-refractivity contribution in [2.45, 2.75) is 33.2 Å². The van der Waals surface area contributed by atoms with Gasteiger partial charge in [0.15, 0.2) is 0 Å². The lowest BCUT2D eigenvalue weighted by Gasteiger charge is -2.20. The van der Waals surface area contributed by atoms with Crippen molar-refractivity contribution in [2.75, 3.05) is 20.1 Å². The third-order valence-corrected chi connectivity index (χ3v) is 2.27. The van der Waals surface area contributed by atoms with Crippen molar-refractivity contribution in [1.29, 1.82) is 0 Å². The number of carboxylic acids is 1. The lowest BCUT2D eigenvalue weighted by atomic mass is 10.0. The highest BCUT2D eigenvalue weighted by Crippen LogP contribution is 2.01. The van der Waals surface area contributed by atoms with Crippen LogP contribution in [0.15, 0.2) is 0 Å². The Kier molecular flexibility index (Phi) is 6.72. The zero-order valence-corrected chi connectivity index (χ0v) is 10.5. The molecule has 5 heteroatoms. The summed E-state index contributed by atoms with van der Waals surface area (Å²) in [6, 6.07) is -0.803. The number of carbonyl (C=O) groups is 2. The molecule has 0 rings (SSSR count). The molecule has 0 aromatic carbocycles. The summed E-state index contributed by atoms with van der Waals surface area (Å²) in [5, 5.41) is 11.4. The smallest absolute Gasteiger partial charge is 0.326 e. The normalized spacial score (nSPS) is 12.9. The molecule has 1 atom stereocenters. The Hall–Kier alpha value is -1.10. The lowest BCUT2D eigenvalue weighted by molar-refractivity contribution is -0.143. The highest BCUT2D eigenvalue weighted by Gasteiger charge is 2.23. The molecule has 0 saturated carbocycles. The molecular weight excluding hydrogens is 208 g/mol. The third-order valence-electron chi connectivity index (χ3n) is 2.27. The first-order chi connectivity index (χ1) is 7.38. The van der Waals surface area contributed by atoms with Crippen LogP contribution in [-0.2, 0) is 9.59 Å². The second-order valence-corrected chi connectivity index (χ2v) is 4.37. The van der Waals surface area contributed by atoms with Crippen molar-refractivity contribution in [3.63, 3.8) is 0 Å². The van der Waals surface area contributed by atoms with Crippen LogP contribution >= 0.6 is 0 Å². The number of nitrogens with one attached hydrogen (secondary N) is 1. The van der Waals surface area contributed by atoms with E-state index in [2.05, 4.69) is 5.32 Å². The average molecular weight is 230 g/mol. The van der Waals surface area contributed by atoms with Crippen LogP contribution in [0, 0.1) is 5.92 Å². The zero-order chi connectivity index (χ0) is 12.7. The van der Waals surface area contributed by atoms with Crippen LogP contribution in [-0.4, -0.2) is 48.1 Å². The first kappa shape index (κ1) is 14.9. The Bertz CT molecular complexity index is 241. The monoisotopic (exact) mass is 230 g/mol. The second kappa shape index (κ2) is 7.22. The predicted octanol–water partition coefficient (Wildman–Crippen LogP) is 0.554. The van der Waals surface area contributed by atoms with Gasteiger partial charge in [0.25, 0.3) is 0 Å². The zero-order valence-electron chi connectivity index (χ0n) is 10.5. The second-order valence-electron chi connectivity index (χ2n) is 4.37. The largest absolute Gasteiger partial charge is 0.480 e. The molecule has 0 spiro atoms. The minimum absolute atomic E-state index is 0.113. The summed E-state index contributed by atoms with van der Waals surface area (Å²) < 4.78 is 0. The van der Waals surface area contributed by atoms with E-state index in [1.165, 1.54) is 0 Å². The van der Waals surface area contributed by atoms with E-state index < -0.39 is 12.0 Å². The number of hydrogen-bond donors (Lipinski definition) is 2. The number of rotatable bonds is 7. The van der Waals surface area contributed by atoms with E-state index in [4.69, 9.17) is 5.11 Å². The topological polar surface area (TPSA) is 69.6 Å². The van der Waals surface area contributed by atoms with E-state index in [1.54, 1.807) is 13.8 Å². The maximum atomic E-state index is 11.5. The van der Waals surface area contributed by atoms with E-state index in [0.29, 0.717) is 0 Å². The van der Waals surface area contributed by atoms with E-state index in [1.807, 2.05) is 18.9 Å². The van der Waals surface area contributed by atoms with Crippen LogP contribution in [0.4, 0.5) is 0 Å². The van der Waals surface area contributed by atoms with Gasteiger partial charge in [-0.05, 0) is 25.9 Å². The van der Waals surface area contributed by atoms with Crippen LogP contribution in [0.1, 0.15) is 27.2 Å². The molecule has 94 valence electrons. The minimum atomic E-state index is -0.985. The van der Waals surface area contributed by atoms with Gasteiger partial charge in [0, 0.05) is 0 Å². The summed E-state index contributed by atoms with van der Waals surface area (Å²) >= 11 is 0. The number of carboxylic acid groups (broad SMARTS) is 1. The fraction of sp³-hybridized carbons (Fsp3) is 0.818. The summed E-state index contributed by atoms with van der Waals surface area (Å²) in [5.41, 5.74) is 0. The molecule has 0 fully saturated rings. The molecule has 0 aromatic rings. The number of aliphatic carboxylic acids is 1. The van der Waals surface area contributed by atoms with Crippen LogP contribution in [0.2, 0.25) is 0 Å². The van der Waals surface area contributed by atoms with E-state index >= 15 is 0 Å². The quantitative estimate of drug-likeness (QED) is 0.670. The summed E-state index contributed by atoms with van der Waals surface area (Å²) in [6.45, 7) is 6.64. The van der Waals surface area contributed by atoms with Crippen molar-refractivity contribution < 1.29 is 14.7 Å². The number of carbonyl (C=O) groups excluding carboxylic acids is 1. The molecule has 0 aliphatic heterocycles. The van der Waals surface area contributed by atoms with Crippen molar-refractivity contribution in [2.24, 2.45) is 5.92 Å². The predicted molar refractivity (Wildman–Crippen MR) is 62.2 cm³/mol. The maximum absolute atomic E-state index is 11.5. The van der Waals surface area contributed by atoms with E-state index in [0.717, 1.165) is 13.0 Å². The van der Waals surface area contributed by atoms with Gasteiger partial charge < -0.3 is 10.4 Å². The molecule has 0 saturated heterocycles. The molecule has 5 nitrogen and oxygen atoms in total. The Morgan fingerprint density at radius 3 is 2.31 bits per heavy atom. The standard InChI is InChI=1S/C11H22N2O3/c1-5-6-13(4)7-9(14)12-10(8(2)3)11(15)16/h8,10H,5-7H2,1-4H3,(H,12,14)(H,15,16)/t10-/m0/s1. The summed E-state index contributed by atoms with van der Waals surface area (Å²) in [6.07, 6.45) is 0.969. The Morgan fingerprint density at radius 2 is 1.94 bits per heavy atom. The molecule has 2 N–H and O–H groups in total. The highest BCUT2D eigenvalue weighted by molar-refractivity contribution is 5.84. The van der Waals surface area contributed by atoms with Gasteiger partial charge in [-0.25, -0.2) is 4.79 Å². The first-order valence-corrected chi connectivity index (χ1v) is 5.59. The van der Waals surface area contributed by atoms with Gasteiger partial charge in [-0.2, -0.15) is 0 Å². The Labute approximate surface area is 96.8 Å². The van der Waals surface area contributed by atoms with Crippen LogP contribution < -0.4 is 5.32 Å². The fourth-order valence-corrected chi connectivity index (χ4v) is 1.44. The lowest BCUT2D eigenvalue weighted by Crippen LogP contribution is -2.47. The van der Waals surface area contributed by atoms with Crippen molar-refractivity contribution >= 4 is 11.9 Å². The third kappa shape index (κ3) is 5.70. The number of amides is 1. The summed E-state index contributed by atoms with van der Waals surface area (Å²) in [4.78, 5) is 24.3. The molecule has 0 aliphatic carbocycles. The minimum Gasteiger partial charge on any atom is -0.480 e. The van der Waals surface area contributed by atoms with Crippen molar-refractivity contribution in [3.8, 4) is 0 Å². The number of likely N-dealkylation sites (N-methyl/N-ethyl adjacent to an activating group) is 1. The van der Waals surface area contributed by atoms with E-state index in [-0.39, 0.29) is 18.4 Å². The SMILES string of the molecule is CCCN(C)CC(=O)N[C@H](C(=O)O)C(C)C. The van der Waals surface area contributed by atoms with Gasteiger partial charge >= 0.3 is 5.97 Å². The van der Waals surface area contributed by atoms with Gasteiger partial charge in [-0.1, -0.05) is 20.8 Å². The fourth-order valence-electron chi connectivity index (χ4n) is 1.44. The van der Waals surface area contributed by atoms with Crippen molar-refractivity contribution in [3.05, 3.63) is 0 Å². The summed E-state index contributed by atoms with van der Waals surface area (Å²) in [7, 11) is 1.84. The average Bonchev–Trinajstić information content (AvgIpc) is 2.13.